The van der Waals surface area contributed by atoms with Crippen molar-refractivity contribution in [2.24, 2.45) is 25.9 Å². The lowest BCUT2D eigenvalue weighted by molar-refractivity contribution is -0.274. The number of thioether (sulfide) groups is 1. The second-order valence-electron chi connectivity index (χ2n) is 9.29. The van der Waals surface area contributed by atoms with Crippen molar-refractivity contribution in [2.45, 2.75) is 39.1 Å². The Kier molecular flexibility index (Phi) is 9.26. The van der Waals surface area contributed by atoms with Gasteiger partial charge < -0.3 is 15.4 Å². The molecule has 1 heterocycles. The molecule has 40 heavy (non-hydrogen) atoms. The quantitative estimate of drug-likeness (QED) is 0.179. The molecule has 2 N–H and O–H groups in total. The van der Waals surface area contributed by atoms with Crippen molar-refractivity contribution in [3.05, 3.63) is 89.5 Å². The molecule has 0 radical (unpaired) electrons. The van der Waals surface area contributed by atoms with Crippen LogP contribution in [0.4, 0.5) is 24.5 Å². The number of hydrogen-bond donors (Lipinski definition) is 1. The van der Waals surface area contributed by atoms with Gasteiger partial charge in [-0.05, 0) is 54.3 Å². The van der Waals surface area contributed by atoms with Crippen molar-refractivity contribution in [1.82, 2.24) is 0 Å². The van der Waals surface area contributed by atoms with Gasteiger partial charge in [0.25, 0.3) is 0 Å². The van der Waals surface area contributed by atoms with E-state index < -0.39 is 6.36 Å². The first-order chi connectivity index (χ1) is 19.1. The van der Waals surface area contributed by atoms with E-state index in [9.17, 15) is 13.2 Å². The van der Waals surface area contributed by atoms with Crippen LogP contribution < -0.4 is 15.4 Å². The molecule has 1 aliphatic heterocycles. The van der Waals surface area contributed by atoms with Gasteiger partial charge in [-0.1, -0.05) is 68.1 Å². The zero-order chi connectivity index (χ0) is 28.7. The molecule has 4 rings (SSSR count). The number of rotatable bonds is 8. The average molecular weight is 567 g/mol. The molecule has 1 unspecified atom stereocenters. The second kappa shape index (κ2) is 12.8. The van der Waals surface area contributed by atoms with Gasteiger partial charge in [0.05, 0.1) is 11.9 Å². The average Bonchev–Trinajstić information content (AvgIpc) is 3.29. The Balaban J connectivity index is 1.39. The number of nitrogens with zero attached hydrogens (tertiary/aromatic N) is 5. The molecule has 0 aromatic heterocycles. The predicted molar refractivity (Wildman–Crippen MR) is 158 cm³/mol. The third kappa shape index (κ3) is 7.72. The van der Waals surface area contributed by atoms with Crippen molar-refractivity contribution in [2.75, 3.05) is 10.7 Å². The van der Waals surface area contributed by atoms with Crippen LogP contribution in [0.3, 0.4) is 0 Å². The number of halogens is 3. The summed E-state index contributed by atoms with van der Waals surface area (Å²) in [5.41, 5.74) is 10.4. The van der Waals surface area contributed by atoms with Gasteiger partial charge >= 0.3 is 6.36 Å². The van der Waals surface area contributed by atoms with E-state index in [4.69, 9.17) is 5.73 Å². The Labute approximate surface area is 235 Å². The molecule has 1 fully saturated rings. The summed E-state index contributed by atoms with van der Waals surface area (Å²) in [5, 5.41) is 9.73. The summed E-state index contributed by atoms with van der Waals surface area (Å²) in [5.74, 6) is 1.25. The van der Waals surface area contributed by atoms with Gasteiger partial charge in [0.1, 0.15) is 17.9 Å². The normalized spacial score (nSPS) is 17.6. The summed E-state index contributed by atoms with van der Waals surface area (Å²) in [6, 6.07) is 21.2. The van der Waals surface area contributed by atoms with Crippen molar-refractivity contribution in [3.8, 4) is 5.75 Å². The first-order valence-corrected chi connectivity index (χ1v) is 13.5. The highest BCUT2D eigenvalue weighted by Gasteiger charge is 2.31. The minimum Gasteiger partial charge on any atom is -0.406 e. The van der Waals surface area contributed by atoms with Gasteiger partial charge in [-0.3, -0.25) is 0 Å². The van der Waals surface area contributed by atoms with Gasteiger partial charge in [0, 0.05) is 23.0 Å². The largest absolute Gasteiger partial charge is 0.573 e. The van der Waals surface area contributed by atoms with Crippen LogP contribution >= 0.6 is 11.8 Å². The summed E-state index contributed by atoms with van der Waals surface area (Å²) >= 11 is 1.69. The van der Waals surface area contributed by atoms with Gasteiger partial charge in [-0.2, -0.15) is 5.10 Å². The smallest absolute Gasteiger partial charge is 0.406 e. The molecule has 208 valence electrons. The fourth-order valence-corrected chi connectivity index (χ4v) is 5.05. The number of alkyl halides is 3. The highest BCUT2D eigenvalue weighted by atomic mass is 32.2. The summed E-state index contributed by atoms with van der Waals surface area (Å²) in [6.07, 6.45) is -1.81. The fraction of sp³-hybridized carbons (Fsp3) is 0.241. The molecule has 3 aromatic rings. The molecule has 0 aliphatic carbocycles. The first-order valence-electron chi connectivity index (χ1n) is 12.5. The van der Waals surface area contributed by atoms with E-state index >= 15 is 0 Å². The predicted octanol–water partition coefficient (Wildman–Crippen LogP) is 7.11. The second-order valence-corrected chi connectivity index (χ2v) is 10.3. The molecule has 0 spiro atoms. The Morgan fingerprint density at radius 2 is 1.75 bits per heavy atom. The van der Waals surface area contributed by atoms with E-state index in [0.717, 1.165) is 16.5 Å². The Hall–Kier alpha value is -4.12. The van der Waals surface area contributed by atoms with E-state index in [2.05, 4.69) is 74.9 Å². The van der Waals surface area contributed by atoms with E-state index in [0.29, 0.717) is 23.2 Å². The third-order valence-corrected chi connectivity index (χ3v) is 7.13. The number of benzene rings is 3. The molecule has 0 bridgehead atoms. The number of ether oxygens (including phenoxy) is 1. The molecular formula is C29H29F3N6OS. The zero-order valence-electron chi connectivity index (χ0n) is 22.2. The number of anilines is 1. The third-order valence-electron chi connectivity index (χ3n) is 5.95. The summed E-state index contributed by atoms with van der Waals surface area (Å²) in [4.78, 5) is 10.4. The summed E-state index contributed by atoms with van der Waals surface area (Å²) in [7, 11) is 0. The van der Waals surface area contributed by atoms with Crippen LogP contribution in [0.1, 0.15) is 43.4 Å². The molecule has 7 nitrogen and oxygen atoms in total. The van der Waals surface area contributed by atoms with Crippen LogP contribution in [0.5, 0.6) is 5.75 Å². The fourth-order valence-electron chi connectivity index (χ4n) is 3.99. The number of para-hydroxylation sites is 1. The van der Waals surface area contributed by atoms with Crippen molar-refractivity contribution in [1.29, 1.82) is 0 Å². The summed E-state index contributed by atoms with van der Waals surface area (Å²) in [6.45, 7) is 6.57. The van der Waals surface area contributed by atoms with Crippen LogP contribution in [0.2, 0.25) is 0 Å². The zero-order valence-corrected chi connectivity index (χ0v) is 23.0. The minimum absolute atomic E-state index is 0.236. The lowest BCUT2D eigenvalue weighted by Gasteiger charge is -2.26. The lowest BCUT2D eigenvalue weighted by Crippen LogP contribution is -2.32. The van der Waals surface area contributed by atoms with E-state index in [-0.39, 0.29) is 11.6 Å². The monoisotopic (exact) mass is 566 g/mol. The SMILES string of the molecule is CC(C)c1ccccc1N1/C(=N/N=C/c2ccc(C(N)=NC=Nc3ccc(OC(F)(F)F)cc3)cc2)SCC1C. The molecule has 1 aliphatic rings. The maximum Gasteiger partial charge on any atom is 0.573 e. The molecule has 1 saturated heterocycles. The molecule has 0 saturated carbocycles. The Morgan fingerprint density at radius 1 is 1.05 bits per heavy atom. The van der Waals surface area contributed by atoms with Crippen molar-refractivity contribution in [3.63, 3.8) is 0 Å². The van der Waals surface area contributed by atoms with E-state index in [1.54, 1.807) is 18.0 Å². The molecule has 0 amide bonds. The van der Waals surface area contributed by atoms with Crippen molar-refractivity contribution >= 4 is 46.7 Å². The molecule has 11 heteroatoms. The lowest BCUT2D eigenvalue weighted by atomic mass is 10.00. The summed E-state index contributed by atoms with van der Waals surface area (Å²) < 4.78 is 40.6. The number of aliphatic imine (C=N–C) groups is 2. The Bertz CT molecular complexity index is 1420. The van der Waals surface area contributed by atoms with Crippen LogP contribution in [0, 0.1) is 0 Å². The van der Waals surface area contributed by atoms with Crippen LogP contribution in [0.25, 0.3) is 0 Å². The number of nitrogens with two attached hydrogens (primary N) is 1. The number of amidine groups is 2. The van der Waals surface area contributed by atoms with E-state index in [1.807, 2.05) is 24.3 Å². The van der Waals surface area contributed by atoms with Crippen LogP contribution in [-0.2, 0) is 0 Å². The highest BCUT2D eigenvalue weighted by molar-refractivity contribution is 8.14. The van der Waals surface area contributed by atoms with Crippen molar-refractivity contribution < 1.29 is 17.9 Å². The highest BCUT2D eigenvalue weighted by Crippen LogP contribution is 2.35. The van der Waals surface area contributed by atoms with Crippen LogP contribution in [-0.4, -0.2) is 41.7 Å². The van der Waals surface area contributed by atoms with Gasteiger partial charge in [-0.25, -0.2) is 9.98 Å². The van der Waals surface area contributed by atoms with Gasteiger partial charge in [0.2, 0.25) is 0 Å². The Morgan fingerprint density at radius 3 is 2.42 bits per heavy atom. The maximum atomic E-state index is 12.3. The molecule has 1 atom stereocenters. The van der Waals surface area contributed by atoms with E-state index in [1.165, 1.54) is 41.9 Å². The molecular weight excluding hydrogens is 537 g/mol. The topological polar surface area (TPSA) is 87.9 Å². The van der Waals surface area contributed by atoms with Gasteiger partial charge in [0.15, 0.2) is 5.17 Å². The first kappa shape index (κ1) is 28.9. The minimum atomic E-state index is -4.74. The van der Waals surface area contributed by atoms with Crippen LogP contribution in [0.15, 0.2) is 93.0 Å². The maximum absolute atomic E-state index is 12.3. The van der Waals surface area contributed by atoms with Gasteiger partial charge in [-0.15, -0.1) is 18.3 Å². The number of hydrogen-bond acceptors (Lipinski definition) is 5. The molecule has 3 aromatic carbocycles. The standard InChI is InChI=1S/C29H29F3N6OS/c1-19(2)25-6-4-5-7-26(25)38-20(3)17-40-28(38)37-36-16-21-8-10-22(11-9-21)27(33)35-18-34-23-12-14-24(15-13-23)39-29(30,31)32/h4-16,18-20H,17H2,1-3H3,(H2,33,34,35)/b36-16+,37-28-.